The van der Waals surface area contributed by atoms with E-state index in [0.29, 0.717) is 18.8 Å². The largest absolute Gasteiger partial charge is 0.490 e. The van der Waals surface area contributed by atoms with Gasteiger partial charge in [-0.2, -0.15) is 0 Å². The molecule has 132 valence electrons. The van der Waals surface area contributed by atoms with E-state index >= 15 is 0 Å². The Morgan fingerprint density at radius 2 is 2.00 bits per heavy atom. The number of hydrogen-bond donors (Lipinski definition) is 2. The molecular weight excluding hydrogens is 323 g/mol. The minimum absolute atomic E-state index is 0.0507. The Bertz CT molecular complexity index is 738. The second-order valence-electron chi connectivity index (χ2n) is 6.50. The monoisotopic (exact) mass is 344 g/mol. The number of aromatic nitrogens is 2. The fourth-order valence-corrected chi connectivity index (χ4v) is 3.51. The number of carbonyl (C=O) groups is 1. The molecule has 1 amide bonds. The molecule has 0 radical (unpaired) electrons. The van der Waals surface area contributed by atoms with E-state index in [0.717, 1.165) is 37.2 Å². The zero-order chi connectivity index (χ0) is 17.2. The highest BCUT2D eigenvalue weighted by Gasteiger charge is 2.33. The van der Waals surface area contributed by atoms with Gasteiger partial charge in [0.1, 0.15) is 23.7 Å². The van der Waals surface area contributed by atoms with E-state index in [1.807, 2.05) is 4.90 Å². The number of nitrogens with one attached hydrogen (secondary N) is 2. The van der Waals surface area contributed by atoms with Gasteiger partial charge in [0.2, 0.25) is 5.91 Å². The van der Waals surface area contributed by atoms with E-state index in [-0.39, 0.29) is 23.9 Å². The third-order valence-corrected chi connectivity index (χ3v) is 4.87. The minimum Gasteiger partial charge on any atom is -0.490 e. The molecule has 2 N–H and O–H groups in total. The number of piperidine rings is 1. The lowest BCUT2D eigenvalue weighted by Gasteiger charge is -2.35. The van der Waals surface area contributed by atoms with Crippen LogP contribution in [0.4, 0.5) is 4.39 Å². The molecule has 0 unspecified atom stereocenters. The second kappa shape index (κ2) is 6.84. The van der Waals surface area contributed by atoms with Gasteiger partial charge in [0, 0.05) is 44.6 Å². The molecule has 1 aromatic heterocycles. The number of rotatable bonds is 3. The van der Waals surface area contributed by atoms with Gasteiger partial charge in [-0.3, -0.25) is 4.79 Å². The molecule has 7 heteroatoms. The molecule has 2 aliphatic heterocycles. The molecular formula is C18H21FN4O2. The van der Waals surface area contributed by atoms with Crippen LogP contribution >= 0.6 is 0 Å². The molecule has 2 aliphatic rings. The van der Waals surface area contributed by atoms with Gasteiger partial charge < -0.3 is 19.9 Å². The number of amides is 1. The van der Waals surface area contributed by atoms with Crippen molar-refractivity contribution in [3.05, 3.63) is 47.8 Å². The molecule has 1 atom stereocenters. The van der Waals surface area contributed by atoms with E-state index in [2.05, 4.69) is 15.3 Å². The first-order chi connectivity index (χ1) is 12.2. The summed E-state index contributed by atoms with van der Waals surface area (Å²) in [4.78, 5) is 22.2. The molecule has 6 nitrogen and oxygen atoms in total. The van der Waals surface area contributed by atoms with Crippen LogP contribution in [0.2, 0.25) is 0 Å². The van der Waals surface area contributed by atoms with Crippen molar-refractivity contribution in [2.24, 2.45) is 0 Å². The zero-order valence-electron chi connectivity index (χ0n) is 13.9. The molecule has 0 bridgehead atoms. The van der Waals surface area contributed by atoms with Crippen molar-refractivity contribution in [3.63, 3.8) is 0 Å². The fourth-order valence-electron chi connectivity index (χ4n) is 3.51. The predicted octanol–water partition coefficient (Wildman–Crippen LogP) is 1.81. The van der Waals surface area contributed by atoms with Crippen LogP contribution < -0.4 is 10.1 Å². The van der Waals surface area contributed by atoms with Crippen molar-refractivity contribution in [2.75, 3.05) is 19.6 Å². The Hall–Kier alpha value is -2.41. The van der Waals surface area contributed by atoms with Crippen molar-refractivity contribution in [1.82, 2.24) is 20.2 Å². The molecule has 1 aromatic carbocycles. The van der Waals surface area contributed by atoms with Crippen LogP contribution in [0.25, 0.3) is 0 Å². The molecule has 0 aliphatic carbocycles. The Kier molecular flexibility index (Phi) is 4.40. The van der Waals surface area contributed by atoms with Crippen LogP contribution in [-0.2, 0) is 11.2 Å². The highest BCUT2D eigenvalue weighted by atomic mass is 19.1. The van der Waals surface area contributed by atoms with Crippen LogP contribution in [0.5, 0.6) is 5.75 Å². The lowest BCUT2D eigenvalue weighted by Crippen LogP contribution is -2.48. The first-order valence-electron chi connectivity index (χ1n) is 8.67. The van der Waals surface area contributed by atoms with Gasteiger partial charge in [0.25, 0.3) is 0 Å². The number of hydrogen-bond acceptors (Lipinski definition) is 4. The first-order valence-corrected chi connectivity index (χ1v) is 8.67. The third-order valence-electron chi connectivity index (χ3n) is 4.87. The average molecular weight is 344 g/mol. The smallest absolute Gasteiger partial charge is 0.246 e. The Labute approximate surface area is 145 Å². The van der Waals surface area contributed by atoms with Crippen molar-refractivity contribution in [1.29, 1.82) is 0 Å². The predicted molar refractivity (Wildman–Crippen MR) is 89.7 cm³/mol. The number of ether oxygens (including phenoxy) is 1. The van der Waals surface area contributed by atoms with E-state index in [4.69, 9.17) is 4.74 Å². The molecule has 4 rings (SSSR count). The summed E-state index contributed by atoms with van der Waals surface area (Å²) in [5, 5.41) is 3.27. The molecule has 25 heavy (non-hydrogen) atoms. The summed E-state index contributed by atoms with van der Waals surface area (Å²) in [6.45, 7) is 2.08. The number of aromatic amines is 1. The first kappa shape index (κ1) is 16.1. The lowest BCUT2D eigenvalue weighted by molar-refractivity contribution is -0.135. The molecule has 1 fully saturated rings. The van der Waals surface area contributed by atoms with Gasteiger partial charge in [-0.25, -0.2) is 9.37 Å². The van der Waals surface area contributed by atoms with Crippen LogP contribution in [0.15, 0.2) is 30.6 Å². The van der Waals surface area contributed by atoms with Crippen LogP contribution in [0.1, 0.15) is 30.3 Å². The van der Waals surface area contributed by atoms with Crippen molar-refractivity contribution in [3.8, 4) is 5.75 Å². The van der Waals surface area contributed by atoms with Gasteiger partial charge >= 0.3 is 0 Å². The van der Waals surface area contributed by atoms with E-state index < -0.39 is 0 Å². The summed E-state index contributed by atoms with van der Waals surface area (Å²) in [6.07, 6.45) is 4.11. The number of carbonyl (C=O) groups excluding carboxylic acids is 1. The normalized spacial score (nSPS) is 21.0. The maximum Gasteiger partial charge on any atom is 0.246 e. The number of likely N-dealkylation sites (tertiary alicyclic amines) is 1. The third kappa shape index (κ3) is 3.37. The van der Waals surface area contributed by atoms with Gasteiger partial charge in [-0.15, -0.1) is 0 Å². The summed E-state index contributed by atoms with van der Waals surface area (Å²) in [7, 11) is 0. The number of H-pyrrole nitrogens is 1. The summed E-state index contributed by atoms with van der Waals surface area (Å²) < 4.78 is 18.8. The van der Waals surface area contributed by atoms with E-state index in [9.17, 15) is 9.18 Å². The number of imidazole rings is 1. The van der Waals surface area contributed by atoms with Crippen LogP contribution in [-0.4, -0.2) is 46.5 Å². The number of benzene rings is 1. The van der Waals surface area contributed by atoms with Gasteiger partial charge in [0.05, 0.1) is 12.0 Å². The fraction of sp³-hybridized carbons (Fsp3) is 0.444. The minimum atomic E-state index is -0.357. The van der Waals surface area contributed by atoms with Crippen LogP contribution in [0.3, 0.4) is 0 Å². The molecule has 3 heterocycles. The Morgan fingerprint density at radius 1 is 1.24 bits per heavy atom. The van der Waals surface area contributed by atoms with Crippen molar-refractivity contribution >= 4 is 5.91 Å². The summed E-state index contributed by atoms with van der Waals surface area (Å²) in [5.74, 6) is 0.472. The van der Waals surface area contributed by atoms with E-state index in [1.165, 1.54) is 12.1 Å². The topological polar surface area (TPSA) is 70.2 Å². The highest BCUT2D eigenvalue weighted by molar-refractivity contribution is 5.83. The van der Waals surface area contributed by atoms with Crippen molar-refractivity contribution < 1.29 is 13.9 Å². The van der Waals surface area contributed by atoms with E-state index in [1.54, 1.807) is 18.5 Å². The summed E-state index contributed by atoms with van der Waals surface area (Å²) >= 11 is 0. The molecule has 1 saturated heterocycles. The molecule has 0 spiro atoms. The lowest BCUT2D eigenvalue weighted by atomic mass is 10.0. The van der Waals surface area contributed by atoms with Gasteiger partial charge in [-0.05, 0) is 24.3 Å². The second-order valence-corrected chi connectivity index (χ2v) is 6.50. The quantitative estimate of drug-likeness (QED) is 0.891. The molecule has 2 aromatic rings. The Morgan fingerprint density at radius 3 is 2.76 bits per heavy atom. The number of nitrogens with zero attached hydrogens (tertiary/aromatic N) is 2. The zero-order valence-corrected chi connectivity index (χ0v) is 13.9. The maximum atomic E-state index is 13.0. The Balaban J connectivity index is 1.34. The molecule has 0 saturated carbocycles. The SMILES string of the molecule is O=C([C@@H]1NCCc2[nH]cnc21)N1CCC(Oc2ccc(F)cc2)CC1. The highest BCUT2D eigenvalue weighted by Crippen LogP contribution is 2.24. The number of halogens is 1. The maximum absolute atomic E-state index is 13.0. The summed E-state index contributed by atoms with van der Waals surface area (Å²) in [5.41, 5.74) is 1.87. The van der Waals surface area contributed by atoms with Gasteiger partial charge in [0.15, 0.2) is 0 Å². The number of fused-ring (bicyclic) bond motifs is 1. The average Bonchev–Trinajstić information content (AvgIpc) is 3.12. The summed E-state index contributed by atoms with van der Waals surface area (Å²) in [6, 6.07) is 5.70. The van der Waals surface area contributed by atoms with Gasteiger partial charge in [-0.1, -0.05) is 0 Å². The van der Waals surface area contributed by atoms with Crippen molar-refractivity contribution in [2.45, 2.75) is 31.4 Å². The standard InChI is InChI=1S/C18H21FN4O2/c19-12-1-3-13(4-2-12)25-14-6-9-23(10-7-14)18(24)17-16-15(5-8-20-17)21-11-22-16/h1-4,11,14,17,20H,5-10H2,(H,21,22)/t17-/m1/s1. The van der Waals surface area contributed by atoms with Crippen LogP contribution in [0, 0.1) is 5.82 Å².